The number of nitrogens with zero attached hydrogens (tertiary/aromatic N) is 3. The van der Waals surface area contributed by atoms with Crippen LogP contribution in [0.2, 0.25) is 0 Å². The van der Waals surface area contributed by atoms with Crippen molar-refractivity contribution in [3.8, 4) is 0 Å². The fourth-order valence-electron chi connectivity index (χ4n) is 2.72. The molecule has 3 rings (SSSR count). The molecule has 11 heteroatoms. The number of alkyl halides is 2. The number of aromatic nitrogens is 2. The van der Waals surface area contributed by atoms with Gasteiger partial charge in [-0.2, -0.15) is 8.78 Å². The molecule has 140 valence electrons. The van der Waals surface area contributed by atoms with Crippen LogP contribution in [-0.2, 0) is 11.2 Å². The van der Waals surface area contributed by atoms with Crippen LogP contribution in [0.1, 0.15) is 12.8 Å². The van der Waals surface area contributed by atoms with E-state index in [1.165, 1.54) is 23.2 Å². The molecule has 0 bridgehead atoms. The molecular formula is C15H15F3N4O2S2. The lowest BCUT2D eigenvalue weighted by Crippen LogP contribution is -2.47. The number of anilines is 1. The minimum atomic E-state index is -3.50. The van der Waals surface area contributed by atoms with E-state index in [1.807, 2.05) is 0 Å². The van der Waals surface area contributed by atoms with Crippen LogP contribution in [0.25, 0.3) is 0 Å². The number of carbonyl (C=O) groups excluding carboxylic acids is 1. The molecule has 0 radical (unpaired) electrons. The minimum absolute atomic E-state index is 0.00240. The second-order valence-electron chi connectivity index (χ2n) is 5.76. The Morgan fingerprint density at radius 3 is 2.73 bits per heavy atom. The Balaban J connectivity index is 1.60. The Kier molecular flexibility index (Phi) is 5.68. The van der Waals surface area contributed by atoms with E-state index in [0.29, 0.717) is 5.00 Å². The van der Waals surface area contributed by atoms with Crippen molar-refractivity contribution in [2.75, 3.05) is 18.4 Å². The van der Waals surface area contributed by atoms with Gasteiger partial charge in [-0.1, -0.05) is 10.6 Å². The second-order valence-corrected chi connectivity index (χ2v) is 8.10. The summed E-state index contributed by atoms with van der Waals surface area (Å²) in [5.41, 5.74) is 0. The van der Waals surface area contributed by atoms with E-state index in [4.69, 9.17) is 0 Å². The molecule has 1 fully saturated rings. The molecule has 1 aromatic heterocycles. The van der Waals surface area contributed by atoms with Crippen molar-refractivity contribution >= 4 is 33.7 Å². The highest BCUT2D eigenvalue weighted by atomic mass is 32.2. The summed E-state index contributed by atoms with van der Waals surface area (Å²) in [5, 5.41) is 3.15. The maximum absolute atomic E-state index is 14.6. The zero-order valence-corrected chi connectivity index (χ0v) is 15.0. The Hall–Kier alpha value is -1.85. The maximum atomic E-state index is 14.6. The number of nitrogens with one attached hydrogen (secondary N) is 1. The molecule has 1 aliphatic heterocycles. The van der Waals surface area contributed by atoms with Crippen LogP contribution in [-0.4, -0.2) is 43.4 Å². The van der Waals surface area contributed by atoms with Gasteiger partial charge in [0.05, 0.1) is 23.3 Å². The molecule has 1 N–H and O–H groups in total. The Labute approximate surface area is 154 Å². The highest BCUT2D eigenvalue weighted by molar-refractivity contribution is 7.92. The average molecular weight is 404 g/mol. The Bertz CT molecular complexity index is 755. The van der Waals surface area contributed by atoms with Crippen molar-refractivity contribution in [2.45, 2.75) is 23.0 Å². The van der Waals surface area contributed by atoms with E-state index in [1.54, 1.807) is 0 Å². The Morgan fingerprint density at radius 2 is 2.12 bits per heavy atom. The zero-order valence-electron chi connectivity index (χ0n) is 13.4. The number of hydrogen-bond donors (Lipinski definition) is 1. The van der Waals surface area contributed by atoms with Crippen LogP contribution >= 0.6 is 11.5 Å². The van der Waals surface area contributed by atoms with Crippen LogP contribution in [0.3, 0.4) is 0 Å². The third-order valence-electron chi connectivity index (χ3n) is 4.11. The zero-order chi connectivity index (χ0) is 18.7. The topological polar surface area (TPSA) is 81.2 Å². The molecule has 1 saturated heterocycles. The van der Waals surface area contributed by atoms with Gasteiger partial charge in [-0.15, -0.1) is 5.10 Å². The Morgan fingerprint density at radius 1 is 1.38 bits per heavy atom. The number of likely N-dealkylation sites (tertiary alicyclic amines) is 1. The molecule has 2 heterocycles. The standard InChI is InChI=1S/C15H15F3N4O2S2/c16-11-2-1-3-12(8-11)26(24)15(17,18)10-4-6-22(7-5-10)14(23)20-13-9-19-21-25-13/h1-3,8-10H,4-7H2,(H,20,23). The average Bonchev–Trinajstić information content (AvgIpc) is 3.14. The smallest absolute Gasteiger partial charge is 0.414 e. The summed E-state index contributed by atoms with van der Waals surface area (Å²) >= 11 is -1.64. The first kappa shape index (κ1) is 18.9. The van der Waals surface area contributed by atoms with Gasteiger partial charge in [0.2, 0.25) is 0 Å². The molecule has 1 aliphatic rings. The van der Waals surface area contributed by atoms with Gasteiger partial charge in [0.15, 0.2) is 4.90 Å². The van der Waals surface area contributed by atoms with Crippen LogP contribution in [0.5, 0.6) is 0 Å². The van der Waals surface area contributed by atoms with Gasteiger partial charge in [-0.05, 0) is 25.0 Å². The summed E-state index contributed by atoms with van der Waals surface area (Å²) in [7, 11) is 0. The number of carbonyl (C=O) groups is 1. The molecule has 6 nitrogen and oxygen atoms in total. The maximum Gasteiger partial charge on any atom is 0.414 e. The largest absolute Gasteiger partial charge is 0.607 e. The fourth-order valence-corrected chi connectivity index (χ4v) is 4.40. The van der Waals surface area contributed by atoms with E-state index in [0.717, 1.165) is 23.7 Å². The first-order valence-electron chi connectivity index (χ1n) is 7.76. The fraction of sp³-hybridized carbons (Fsp3) is 0.400. The highest BCUT2D eigenvalue weighted by Crippen LogP contribution is 2.41. The van der Waals surface area contributed by atoms with Crippen LogP contribution < -0.4 is 5.32 Å². The number of hydrogen-bond acceptors (Lipinski definition) is 5. The van der Waals surface area contributed by atoms with Crippen molar-refractivity contribution in [1.82, 2.24) is 14.5 Å². The van der Waals surface area contributed by atoms with E-state index in [9.17, 15) is 22.5 Å². The summed E-state index contributed by atoms with van der Waals surface area (Å²) in [4.78, 5) is 13.3. The van der Waals surface area contributed by atoms with Crippen molar-refractivity contribution in [2.24, 2.45) is 5.92 Å². The van der Waals surface area contributed by atoms with E-state index in [2.05, 4.69) is 14.9 Å². The lowest BCUT2D eigenvalue weighted by atomic mass is 9.97. The highest BCUT2D eigenvalue weighted by Gasteiger charge is 2.53. The molecule has 0 spiro atoms. The van der Waals surface area contributed by atoms with E-state index in [-0.39, 0.29) is 30.8 Å². The van der Waals surface area contributed by atoms with Gasteiger partial charge >= 0.3 is 11.3 Å². The molecule has 26 heavy (non-hydrogen) atoms. The summed E-state index contributed by atoms with van der Waals surface area (Å²) < 4.78 is 58.3. The third kappa shape index (κ3) is 4.10. The van der Waals surface area contributed by atoms with Gasteiger partial charge in [0.1, 0.15) is 10.8 Å². The van der Waals surface area contributed by atoms with E-state index < -0.39 is 34.2 Å². The first-order valence-corrected chi connectivity index (χ1v) is 9.69. The van der Waals surface area contributed by atoms with Crippen LogP contribution in [0.15, 0.2) is 35.4 Å². The summed E-state index contributed by atoms with van der Waals surface area (Å²) in [6.45, 7) is 0.220. The molecular weight excluding hydrogens is 389 g/mol. The predicted molar refractivity (Wildman–Crippen MR) is 91.0 cm³/mol. The number of benzene rings is 1. The summed E-state index contributed by atoms with van der Waals surface area (Å²) in [5.74, 6) is -1.86. The number of halogens is 3. The van der Waals surface area contributed by atoms with Crippen molar-refractivity contribution in [3.63, 3.8) is 0 Å². The van der Waals surface area contributed by atoms with E-state index >= 15 is 0 Å². The summed E-state index contributed by atoms with van der Waals surface area (Å²) in [6.07, 6.45) is 1.40. The number of piperidine rings is 1. The van der Waals surface area contributed by atoms with Gasteiger partial charge < -0.3 is 9.45 Å². The van der Waals surface area contributed by atoms with Crippen LogP contribution in [0, 0.1) is 11.7 Å². The lowest BCUT2D eigenvalue weighted by molar-refractivity contribution is 0.000442. The molecule has 1 unspecified atom stereocenters. The first-order chi connectivity index (χ1) is 12.4. The van der Waals surface area contributed by atoms with Crippen molar-refractivity contribution in [1.29, 1.82) is 0 Å². The van der Waals surface area contributed by atoms with Gasteiger partial charge in [0.25, 0.3) is 0 Å². The molecule has 2 aromatic rings. The third-order valence-corrected chi connectivity index (χ3v) is 6.20. The lowest BCUT2D eigenvalue weighted by Gasteiger charge is -2.35. The van der Waals surface area contributed by atoms with Crippen molar-refractivity contribution in [3.05, 3.63) is 36.3 Å². The number of urea groups is 1. The molecule has 0 aliphatic carbocycles. The normalized spacial score (nSPS) is 17.2. The van der Waals surface area contributed by atoms with Gasteiger partial charge in [0, 0.05) is 30.7 Å². The second kappa shape index (κ2) is 7.80. The number of amides is 2. The van der Waals surface area contributed by atoms with Crippen LogP contribution in [0.4, 0.5) is 23.0 Å². The molecule has 2 amide bonds. The van der Waals surface area contributed by atoms with Crippen molar-refractivity contribution < 1.29 is 22.5 Å². The number of rotatable bonds is 4. The van der Waals surface area contributed by atoms with Gasteiger partial charge in [-0.3, -0.25) is 5.32 Å². The molecule has 1 aromatic carbocycles. The van der Waals surface area contributed by atoms with Gasteiger partial charge in [-0.25, -0.2) is 9.18 Å². The SMILES string of the molecule is O=C(Nc1cnns1)N1CCC(C(F)(F)[S+]([O-])c2cccc(F)c2)CC1. The molecule has 0 saturated carbocycles. The quantitative estimate of drug-likeness (QED) is 0.793. The minimum Gasteiger partial charge on any atom is -0.607 e. The predicted octanol–water partition coefficient (Wildman–Crippen LogP) is 3.32. The molecule has 1 atom stereocenters. The monoisotopic (exact) mass is 404 g/mol. The summed E-state index contributed by atoms with van der Waals surface area (Å²) in [6, 6.07) is 4.02.